The standard InChI is InChI=1S/C22H25F3O9S/c1-20-6-4-12-19(28)33-15(11-5-7-32-10-11)9-21(12,2)17(20)16(26)14(8-13(20)18(27)31-3)34-35(29,30)22(23,24)25/h5,7,10,12-15,17H,4,6,8-9H2,1-3H3/t12?,13-,14-,15-,17?,20-,21-/m0/s1. The van der Waals surface area contributed by atoms with Crippen molar-refractivity contribution in [3.8, 4) is 0 Å². The highest BCUT2D eigenvalue weighted by Crippen LogP contribution is 2.65. The van der Waals surface area contributed by atoms with E-state index in [0.29, 0.717) is 5.56 Å². The fourth-order valence-electron chi connectivity index (χ4n) is 6.45. The van der Waals surface area contributed by atoms with Crippen LogP contribution in [0.1, 0.15) is 51.2 Å². The van der Waals surface area contributed by atoms with Gasteiger partial charge in [-0.3, -0.25) is 18.6 Å². The summed E-state index contributed by atoms with van der Waals surface area (Å²) in [4.78, 5) is 39.5. The van der Waals surface area contributed by atoms with E-state index in [2.05, 4.69) is 4.18 Å². The number of hydrogen-bond donors (Lipinski definition) is 0. The molecule has 1 saturated heterocycles. The zero-order valence-electron chi connectivity index (χ0n) is 19.2. The Morgan fingerprint density at radius 3 is 2.46 bits per heavy atom. The maximum atomic E-state index is 13.7. The Balaban J connectivity index is 1.80. The molecule has 9 nitrogen and oxygen atoms in total. The van der Waals surface area contributed by atoms with Crippen molar-refractivity contribution < 1.29 is 54.0 Å². The van der Waals surface area contributed by atoms with Crippen LogP contribution < -0.4 is 0 Å². The van der Waals surface area contributed by atoms with Crippen LogP contribution in [0, 0.1) is 28.6 Å². The van der Waals surface area contributed by atoms with Gasteiger partial charge in [-0.15, -0.1) is 0 Å². The Kier molecular flexibility index (Phi) is 6.11. The number of carbonyl (C=O) groups excluding carboxylic acids is 3. The normalized spacial score (nSPS) is 37.7. The Labute approximate surface area is 199 Å². The van der Waals surface area contributed by atoms with E-state index in [1.165, 1.54) is 12.5 Å². The van der Waals surface area contributed by atoms with Crippen LogP contribution in [0.2, 0.25) is 0 Å². The SMILES string of the molecule is COC(=O)[C@@H]1C[C@H](OS(=O)(=O)C(F)(F)F)C(=O)C2[C@@]3(C)C[C@@H](c4ccoc4)OC(=O)C3CC[C@]21C. The fraction of sp³-hybridized carbons (Fsp3) is 0.682. The molecule has 1 aromatic heterocycles. The van der Waals surface area contributed by atoms with Crippen LogP contribution in [0.4, 0.5) is 13.2 Å². The molecule has 1 aromatic rings. The molecule has 194 valence electrons. The molecule has 35 heavy (non-hydrogen) atoms. The van der Waals surface area contributed by atoms with E-state index in [1.54, 1.807) is 19.9 Å². The van der Waals surface area contributed by atoms with Gasteiger partial charge in [0.15, 0.2) is 5.78 Å². The second kappa shape index (κ2) is 8.32. The quantitative estimate of drug-likeness (QED) is 0.333. The van der Waals surface area contributed by atoms with Crippen molar-refractivity contribution in [2.75, 3.05) is 7.11 Å². The number of rotatable bonds is 4. The number of halogens is 3. The lowest BCUT2D eigenvalue weighted by atomic mass is 9.43. The summed E-state index contributed by atoms with van der Waals surface area (Å²) in [7, 11) is -5.03. The van der Waals surface area contributed by atoms with E-state index in [0.717, 1.165) is 7.11 Å². The third-order valence-corrected chi connectivity index (χ3v) is 9.08. The summed E-state index contributed by atoms with van der Waals surface area (Å²) < 4.78 is 82.7. The first-order valence-electron chi connectivity index (χ1n) is 11.0. The summed E-state index contributed by atoms with van der Waals surface area (Å²) in [5.74, 6) is -5.37. The lowest BCUT2D eigenvalue weighted by Crippen LogP contribution is -2.65. The molecule has 0 N–H and O–H groups in total. The average molecular weight is 522 g/mol. The van der Waals surface area contributed by atoms with Crippen LogP contribution in [0.15, 0.2) is 23.0 Å². The second-order valence-corrected chi connectivity index (χ2v) is 11.5. The summed E-state index contributed by atoms with van der Waals surface area (Å²) in [6, 6.07) is 1.59. The van der Waals surface area contributed by atoms with E-state index in [-0.39, 0.29) is 19.3 Å². The summed E-state index contributed by atoms with van der Waals surface area (Å²) in [6.07, 6.45) is -0.106. The topological polar surface area (TPSA) is 126 Å². The molecule has 2 saturated carbocycles. The molecule has 4 rings (SSSR count). The van der Waals surface area contributed by atoms with Gasteiger partial charge in [-0.25, -0.2) is 0 Å². The van der Waals surface area contributed by atoms with Crippen molar-refractivity contribution >= 4 is 27.8 Å². The van der Waals surface area contributed by atoms with Crippen molar-refractivity contribution in [3.63, 3.8) is 0 Å². The zero-order valence-corrected chi connectivity index (χ0v) is 20.0. The van der Waals surface area contributed by atoms with Crippen LogP contribution >= 0.6 is 0 Å². The highest BCUT2D eigenvalue weighted by molar-refractivity contribution is 7.87. The van der Waals surface area contributed by atoms with Crippen molar-refractivity contribution in [3.05, 3.63) is 24.2 Å². The lowest BCUT2D eigenvalue weighted by molar-refractivity contribution is -0.207. The smallest absolute Gasteiger partial charge is 0.472 e. The van der Waals surface area contributed by atoms with Crippen LogP contribution in [-0.2, 0) is 38.2 Å². The monoisotopic (exact) mass is 522 g/mol. The minimum Gasteiger partial charge on any atom is -0.472 e. The van der Waals surface area contributed by atoms with Crippen LogP contribution in [0.3, 0.4) is 0 Å². The molecule has 2 aliphatic carbocycles. The fourth-order valence-corrected chi connectivity index (χ4v) is 7.04. The number of carbonyl (C=O) groups is 3. The van der Waals surface area contributed by atoms with Crippen molar-refractivity contribution in [2.45, 2.75) is 57.2 Å². The molecule has 3 aliphatic rings. The molecular formula is C22H25F3O9S. The molecule has 2 unspecified atom stereocenters. The number of methoxy groups -OCH3 is 1. The number of Topliss-reactive ketones (excluding diaryl/α,β-unsaturated/α-hetero) is 1. The Morgan fingerprint density at radius 1 is 1.20 bits per heavy atom. The Hall–Kier alpha value is -2.41. The van der Waals surface area contributed by atoms with Crippen molar-refractivity contribution in [1.29, 1.82) is 0 Å². The van der Waals surface area contributed by atoms with E-state index >= 15 is 0 Å². The van der Waals surface area contributed by atoms with E-state index in [4.69, 9.17) is 13.9 Å². The van der Waals surface area contributed by atoms with Gasteiger partial charge >= 0.3 is 27.6 Å². The van der Waals surface area contributed by atoms with E-state index in [9.17, 15) is 36.0 Å². The molecule has 0 radical (unpaired) electrons. The number of esters is 2. The largest absolute Gasteiger partial charge is 0.523 e. The third-order valence-electron chi connectivity index (χ3n) is 8.03. The number of ketones is 1. The molecular weight excluding hydrogens is 497 g/mol. The summed E-state index contributed by atoms with van der Waals surface area (Å²) in [5.41, 5.74) is -7.51. The van der Waals surface area contributed by atoms with Crippen LogP contribution in [0.25, 0.3) is 0 Å². The number of alkyl halides is 3. The zero-order chi connectivity index (χ0) is 26.0. The van der Waals surface area contributed by atoms with Crippen molar-refractivity contribution in [1.82, 2.24) is 0 Å². The van der Waals surface area contributed by atoms with Gasteiger partial charge in [-0.1, -0.05) is 13.8 Å². The Bertz CT molecular complexity index is 1130. The number of fused-ring (bicyclic) bond motifs is 3. The molecule has 7 atom stereocenters. The molecule has 13 heteroatoms. The van der Waals surface area contributed by atoms with Gasteiger partial charge in [0.05, 0.1) is 31.5 Å². The molecule has 0 amide bonds. The van der Waals surface area contributed by atoms with Gasteiger partial charge in [0.1, 0.15) is 12.2 Å². The third kappa shape index (κ3) is 3.96. The molecule has 0 bridgehead atoms. The average Bonchev–Trinajstić information content (AvgIpc) is 3.28. The number of ether oxygens (including phenoxy) is 2. The van der Waals surface area contributed by atoms with Crippen molar-refractivity contribution in [2.24, 2.45) is 28.6 Å². The van der Waals surface area contributed by atoms with Gasteiger partial charge in [0, 0.05) is 11.5 Å². The van der Waals surface area contributed by atoms with Gasteiger partial charge in [0.2, 0.25) is 0 Å². The minimum atomic E-state index is -6.13. The number of cyclic esters (lactones) is 1. The summed E-state index contributed by atoms with van der Waals surface area (Å²) >= 11 is 0. The van der Waals surface area contributed by atoms with Gasteiger partial charge in [-0.2, -0.15) is 21.6 Å². The van der Waals surface area contributed by atoms with E-state index in [1.807, 2.05) is 0 Å². The van der Waals surface area contributed by atoms with Crippen LogP contribution in [0.5, 0.6) is 0 Å². The maximum absolute atomic E-state index is 13.7. The van der Waals surface area contributed by atoms with Gasteiger partial charge < -0.3 is 13.9 Å². The highest BCUT2D eigenvalue weighted by Gasteiger charge is 2.68. The minimum absolute atomic E-state index is 0.113. The Morgan fingerprint density at radius 2 is 1.89 bits per heavy atom. The molecule has 3 fully saturated rings. The first kappa shape index (κ1) is 25.7. The number of hydrogen-bond acceptors (Lipinski definition) is 9. The van der Waals surface area contributed by atoms with Crippen LogP contribution in [-0.4, -0.2) is 44.9 Å². The van der Waals surface area contributed by atoms with Gasteiger partial charge in [0.25, 0.3) is 0 Å². The first-order chi connectivity index (χ1) is 16.2. The van der Waals surface area contributed by atoms with E-state index < -0.39 is 80.6 Å². The second-order valence-electron chi connectivity index (χ2n) is 9.92. The molecule has 0 aromatic carbocycles. The predicted octanol–water partition coefficient (Wildman–Crippen LogP) is 3.30. The lowest BCUT2D eigenvalue weighted by Gasteiger charge is -2.61. The van der Waals surface area contributed by atoms with Gasteiger partial charge in [-0.05, 0) is 42.6 Å². The molecule has 2 heterocycles. The summed E-state index contributed by atoms with van der Waals surface area (Å²) in [5, 5.41) is 0. The maximum Gasteiger partial charge on any atom is 0.523 e. The highest BCUT2D eigenvalue weighted by atomic mass is 32.2. The number of furan rings is 1. The first-order valence-corrected chi connectivity index (χ1v) is 12.4. The molecule has 1 aliphatic heterocycles. The predicted molar refractivity (Wildman–Crippen MR) is 110 cm³/mol. The summed E-state index contributed by atoms with van der Waals surface area (Å²) in [6.45, 7) is 3.31. The molecule has 0 spiro atoms.